The zero-order valence-electron chi connectivity index (χ0n) is 8.15. The van der Waals surface area contributed by atoms with Crippen molar-refractivity contribution in [3.05, 3.63) is 29.6 Å². The molecule has 0 fully saturated rings. The molecule has 0 spiro atoms. The monoisotopic (exact) mass is 255 g/mol. The van der Waals surface area contributed by atoms with Crippen molar-refractivity contribution in [2.75, 3.05) is 7.05 Å². The molecule has 0 bridgehead atoms. The maximum atomic E-state index is 12.4. The largest absolute Gasteiger partial charge is 0.417 e. The molecule has 0 aliphatic carbocycles. The van der Waals surface area contributed by atoms with Gasteiger partial charge in [0.1, 0.15) is 0 Å². The first-order chi connectivity index (χ1) is 6.84. The first-order valence-corrected chi connectivity index (χ1v) is 3.88. The highest BCUT2D eigenvalue weighted by Crippen LogP contribution is 2.31. The molecule has 0 aromatic carbocycles. The summed E-state index contributed by atoms with van der Waals surface area (Å²) in [4.78, 5) is 14.7. The van der Waals surface area contributed by atoms with Gasteiger partial charge in [-0.15, -0.1) is 12.4 Å². The van der Waals surface area contributed by atoms with E-state index in [2.05, 4.69) is 4.98 Å². The van der Waals surface area contributed by atoms with E-state index in [9.17, 15) is 18.0 Å². The Bertz CT molecular complexity index is 381. The summed E-state index contributed by atoms with van der Waals surface area (Å²) in [7, 11) is 1.16. The second kappa shape index (κ2) is 5.13. The molecule has 1 aromatic rings. The number of hydrogen-bond donors (Lipinski definition) is 1. The highest BCUT2D eigenvalue weighted by Gasteiger charge is 2.35. The molecule has 1 amide bonds. The van der Waals surface area contributed by atoms with Crippen LogP contribution in [0, 0.1) is 0 Å². The normalized spacial score (nSPS) is 10.6. The van der Waals surface area contributed by atoms with Crippen LogP contribution in [0.25, 0.3) is 0 Å². The lowest BCUT2D eigenvalue weighted by Gasteiger charge is -2.14. The van der Waals surface area contributed by atoms with Crippen molar-refractivity contribution in [3.8, 4) is 0 Å². The average molecular weight is 256 g/mol. The Morgan fingerprint density at radius 2 is 2.06 bits per heavy atom. The van der Waals surface area contributed by atoms with Crippen LogP contribution in [0.3, 0.4) is 0 Å². The Kier molecular flexibility index (Phi) is 4.70. The number of alkyl halides is 3. The average Bonchev–Trinajstić information content (AvgIpc) is 2.15. The number of hydrazine groups is 1. The van der Waals surface area contributed by atoms with Crippen molar-refractivity contribution in [2.45, 2.75) is 6.18 Å². The van der Waals surface area contributed by atoms with Crippen LogP contribution in [-0.2, 0) is 6.18 Å². The predicted octanol–water partition coefficient (Wildman–Crippen LogP) is 1.47. The van der Waals surface area contributed by atoms with Gasteiger partial charge in [-0.2, -0.15) is 13.2 Å². The van der Waals surface area contributed by atoms with Crippen molar-refractivity contribution in [1.82, 2.24) is 9.99 Å². The molecule has 1 aromatic heterocycles. The van der Waals surface area contributed by atoms with Crippen LogP contribution in [0.5, 0.6) is 0 Å². The van der Waals surface area contributed by atoms with E-state index in [1.165, 1.54) is 0 Å². The lowest BCUT2D eigenvalue weighted by molar-refractivity contribution is -0.138. The Labute approximate surface area is 95.6 Å². The van der Waals surface area contributed by atoms with Gasteiger partial charge in [0.25, 0.3) is 5.91 Å². The summed E-state index contributed by atoms with van der Waals surface area (Å²) in [6.45, 7) is 0. The van der Waals surface area contributed by atoms with Gasteiger partial charge in [-0.05, 0) is 6.07 Å². The first kappa shape index (κ1) is 14.7. The van der Waals surface area contributed by atoms with E-state index in [4.69, 9.17) is 5.84 Å². The predicted molar refractivity (Wildman–Crippen MR) is 52.8 cm³/mol. The highest BCUT2D eigenvalue weighted by atomic mass is 35.5. The van der Waals surface area contributed by atoms with Crippen LogP contribution in [-0.4, -0.2) is 22.9 Å². The molecule has 4 nitrogen and oxygen atoms in total. The Hall–Kier alpha value is -1.34. The third-order valence-electron chi connectivity index (χ3n) is 1.68. The van der Waals surface area contributed by atoms with Crippen LogP contribution in [0.2, 0.25) is 0 Å². The molecule has 1 heterocycles. The number of rotatable bonds is 1. The zero-order valence-corrected chi connectivity index (χ0v) is 8.97. The van der Waals surface area contributed by atoms with Gasteiger partial charge in [-0.3, -0.25) is 14.8 Å². The minimum atomic E-state index is -4.59. The number of nitrogens with zero attached hydrogens (tertiary/aromatic N) is 2. The van der Waals surface area contributed by atoms with E-state index in [0.29, 0.717) is 5.01 Å². The molecule has 0 aliphatic rings. The Morgan fingerprint density at radius 1 is 1.50 bits per heavy atom. The van der Waals surface area contributed by atoms with Crippen LogP contribution < -0.4 is 5.84 Å². The molecule has 0 saturated carbocycles. The number of amides is 1. The van der Waals surface area contributed by atoms with Gasteiger partial charge in [0, 0.05) is 19.4 Å². The fourth-order valence-electron chi connectivity index (χ4n) is 1.00. The van der Waals surface area contributed by atoms with Crippen molar-refractivity contribution < 1.29 is 18.0 Å². The Morgan fingerprint density at radius 3 is 2.50 bits per heavy atom. The Balaban J connectivity index is 0.00000225. The number of carbonyl (C=O) groups excluding carboxylic acids is 1. The van der Waals surface area contributed by atoms with Gasteiger partial charge >= 0.3 is 6.18 Å². The highest BCUT2D eigenvalue weighted by molar-refractivity contribution is 5.95. The van der Waals surface area contributed by atoms with E-state index < -0.39 is 23.2 Å². The zero-order chi connectivity index (χ0) is 11.6. The van der Waals surface area contributed by atoms with Crippen molar-refractivity contribution in [3.63, 3.8) is 0 Å². The number of halogens is 4. The lowest BCUT2D eigenvalue weighted by atomic mass is 10.1. The smallest absolute Gasteiger partial charge is 0.280 e. The summed E-state index contributed by atoms with van der Waals surface area (Å²) in [5, 5.41) is 0.576. The van der Waals surface area contributed by atoms with Gasteiger partial charge < -0.3 is 0 Å². The van der Waals surface area contributed by atoms with Crippen molar-refractivity contribution >= 4 is 18.3 Å². The number of aromatic nitrogens is 1. The van der Waals surface area contributed by atoms with Crippen molar-refractivity contribution in [1.29, 1.82) is 0 Å². The molecular formula is C8H9ClF3N3O. The summed E-state index contributed by atoms with van der Waals surface area (Å²) in [5.74, 6) is 4.13. The summed E-state index contributed by atoms with van der Waals surface area (Å²) < 4.78 is 37.3. The first-order valence-electron chi connectivity index (χ1n) is 3.88. The van der Waals surface area contributed by atoms with Crippen LogP contribution >= 0.6 is 12.4 Å². The molecule has 0 atom stereocenters. The van der Waals surface area contributed by atoms with E-state index in [0.717, 1.165) is 25.5 Å². The molecule has 2 N–H and O–H groups in total. The third kappa shape index (κ3) is 3.07. The second-order valence-electron chi connectivity index (χ2n) is 2.84. The number of hydrogen-bond acceptors (Lipinski definition) is 3. The maximum Gasteiger partial charge on any atom is 0.417 e. The third-order valence-corrected chi connectivity index (χ3v) is 1.68. The van der Waals surface area contributed by atoms with Gasteiger partial charge in [0.15, 0.2) is 0 Å². The SMILES string of the molecule is CN(N)C(=O)c1cnccc1C(F)(F)F.Cl. The van der Waals surface area contributed by atoms with E-state index in [1.807, 2.05) is 0 Å². The second-order valence-corrected chi connectivity index (χ2v) is 2.84. The lowest BCUT2D eigenvalue weighted by Crippen LogP contribution is -2.34. The summed E-state index contributed by atoms with van der Waals surface area (Å²) >= 11 is 0. The number of carbonyl (C=O) groups is 1. The van der Waals surface area contributed by atoms with E-state index in [1.54, 1.807) is 0 Å². The topological polar surface area (TPSA) is 59.2 Å². The molecule has 8 heteroatoms. The molecule has 0 unspecified atom stereocenters. The van der Waals surface area contributed by atoms with E-state index >= 15 is 0 Å². The summed E-state index contributed by atoms with van der Waals surface area (Å²) in [6.07, 6.45) is -2.78. The molecule has 0 saturated heterocycles. The molecule has 90 valence electrons. The van der Waals surface area contributed by atoms with Crippen LogP contribution in [0.4, 0.5) is 13.2 Å². The maximum absolute atomic E-state index is 12.4. The van der Waals surface area contributed by atoms with Crippen LogP contribution in [0.1, 0.15) is 15.9 Å². The molecule has 0 radical (unpaired) electrons. The van der Waals surface area contributed by atoms with Gasteiger partial charge in [0.2, 0.25) is 0 Å². The standard InChI is InChI=1S/C8H8F3N3O.ClH/c1-14(12)7(15)5-4-13-3-2-6(5)8(9,10)11;/h2-4H,12H2,1H3;1H. The molecular weight excluding hydrogens is 247 g/mol. The van der Waals surface area contributed by atoms with Crippen molar-refractivity contribution in [2.24, 2.45) is 5.84 Å². The fourth-order valence-corrected chi connectivity index (χ4v) is 1.00. The summed E-state index contributed by atoms with van der Waals surface area (Å²) in [5.41, 5.74) is -1.60. The fraction of sp³-hybridized carbons (Fsp3) is 0.250. The van der Waals surface area contributed by atoms with Gasteiger partial charge in [-0.25, -0.2) is 5.84 Å². The summed E-state index contributed by atoms with van der Waals surface area (Å²) in [6, 6.07) is 0.733. The quantitative estimate of drug-likeness (QED) is 0.470. The van der Waals surface area contributed by atoms with Crippen LogP contribution in [0.15, 0.2) is 18.5 Å². The van der Waals surface area contributed by atoms with E-state index in [-0.39, 0.29) is 12.4 Å². The van der Waals surface area contributed by atoms with Gasteiger partial charge in [0.05, 0.1) is 11.1 Å². The minimum Gasteiger partial charge on any atom is -0.280 e. The minimum absolute atomic E-state index is 0. The number of nitrogens with two attached hydrogens (primary N) is 1. The number of pyridine rings is 1. The molecule has 16 heavy (non-hydrogen) atoms. The van der Waals surface area contributed by atoms with Gasteiger partial charge in [-0.1, -0.05) is 0 Å². The molecule has 0 aliphatic heterocycles. The molecule has 1 rings (SSSR count).